The molecule has 1 aromatic heterocycles. The molecule has 2 heterocycles. The lowest BCUT2D eigenvalue weighted by Gasteiger charge is -2.21. The van der Waals surface area contributed by atoms with E-state index in [0.717, 1.165) is 0 Å². The second-order valence-corrected chi connectivity index (χ2v) is 6.94. The van der Waals surface area contributed by atoms with E-state index in [9.17, 15) is 14.4 Å². The molecule has 1 atom stereocenters. The van der Waals surface area contributed by atoms with Crippen LogP contribution in [0, 0.1) is 0 Å². The Kier molecular flexibility index (Phi) is 4.97. The summed E-state index contributed by atoms with van der Waals surface area (Å²) in [5, 5.41) is 7.54. The number of hydrogen-bond acceptors (Lipinski definition) is 5. The van der Waals surface area contributed by atoms with Gasteiger partial charge < -0.3 is 19.8 Å². The molecule has 8 nitrogen and oxygen atoms in total. The topological polar surface area (TPSA) is 110 Å². The number of amides is 4. The van der Waals surface area contributed by atoms with Crippen molar-refractivity contribution in [1.82, 2.24) is 10.6 Å². The molecule has 0 aliphatic carbocycles. The summed E-state index contributed by atoms with van der Waals surface area (Å²) in [6.45, 7) is 1.79. The predicted octanol–water partition coefficient (Wildman–Crippen LogP) is 3.17. The average Bonchev–Trinajstić information content (AvgIpc) is 3.32. The Morgan fingerprint density at radius 1 is 1.07 bits per heavy atom. The van der Waals surface area contributed by atoms with Gasteiger partial charge >= 0.3 is 6.03 Å². The van der Waals surface area contributed by atoms with E-state index < -0.39 is 23.4 Å². The van der Waals surface area contributed by atoms with Gasteiger partial charge in [0.1, 0.15) is 23.7 Å². The Bertz CT molecular complexity index is 1110. The van der Waals surface area contributed by atoms with Crippen LogP contribution in [0.4, 0.5) is 10.5 Å². The molecular formula is C22H19N3O5. The minimum absolute atomic E-state index is 0.130. The zero-order valence-corrected chi connectivity index (χ0v) is 16.1. The number of imide groups is 1. The summed E-state index contributed by atoms with van der Waals surface area (Å²) >= 11 is 0. The Morgan fingerprint density at radius 2 is 1.87 bits per heavy atom. The second kappa shape index (κ2) is 7.75. The molecule has 4 amide bonds. The van der Waals surface area contributed by atoms with Gasteiger partial charge in [-0.15, -0.1) is 0 Å². The zero-order chi connectivity index (χ0) is 21.1. The van der Waals surface area contributed by atoms with E-state index in [2.05, 4.69) is 16.0 Å². The van der Waals surface area contributed by atoms with Crippen molar-refractivity contribution in [2.24, 2.45) is 0 Å². The highest BCUT2D eigenvalue weighted by atomic mass is 16.5. The van der Waals surface area contributed by atoms with E-state index in [4.69, 9.17) is 9.15 Å². The third-order valence-electron chi connectivity index (χ3n) is 4.75. The van der Waals surface area contributed by atoms with Gasteiger partial charge in [0.15, 0.2) is 5.76 Å². The molecule has 1 aliphatic heterocycles. The van der Waals surface area contributed by atoms with Gasteiger partial charge in [-0.25, -0.2) is 4.79 Å². The van der Waals surface area contributed by atoms with Gasteiger partial charge in [0.2, 0.25) is 0 Å². The van der Waals surface area contributed by atoms with Gasteiger partial charge in [0, 0.05) is 5.69 Å². The minimum Gasteiger partial charge on any atom is -0.486 e. The molecule has 1 saturated heterocycles. The van der Waals surface area contributed by atoms with Crippen molar-refractivity contribution in [3.63, 3.8) is 0 Å². The first-order valence-corrected chi connectivity index (χ1v) is 9.26. The van der Waals surface area contributed by atoms with E-state index in [1.807, 2.05) is 30.3 Å². The fourth-order valence-electron chi connectivity index (χ4n) is 3.10. The SMILES string of the molecule is C[C@]1(c2cccc(NC(=O)c3ccc(COc4ccccc4)o3)c2)NC(=O)NC1=O. The third-order valence-corrected chi connectivity index (χ3v) is 4.75. The standard InChI is InChI=1S/C22H19N3O5/c1-22(20(27)24-21(28)25-22)14-6-5-7-15(12-14)23-19(26)18-11-10-17(30-18)13-29-16-8-3-2-4-9-16/h2-12H,13H2,1H3,(H,23,26)(H2,24,25,27,28)/t22-/m1/s1. The van der Waals surface area contributed by atoms with E-state index in [0.29, 0.717) is 22.8 Å². The maximum absolute atomic E-state index is 12.5. The van der Waals surface area contributed by atoms with Crippen molar-refractivity contribution in [2.45, 2.75) is 19.1 Å². The molecular weight excluding hydrogens is 386 g/mol. The van der Waals surface area contributed by atoms with Crippen LogP contribution in [0.15, 0.2) is 71.1 Å². The molecule has 2 aromatic carbocycles. The molecule has 0 saturated carbocycles. The van der Waals surface area contributed by atoms with Crippen molar-refractivity contribution in [1.29, 1.82) is 0 Å². The van der Waals surface area contributed by atoms with Crippen LogP contribution in [0.2, 0.25) is 0 Å². The summed E-state index contributed by atoms with van der Waals surface area (Å²) in [4.78, 5) is 36.2. The van der Waals surface area contributed by atoms with E-state index in [1.54, 1.807) is 43.3 Å². The third kappa shape index (κ3) is 3.88. The number of hydrogen-bond donors (Lipinski definition) is 3. The van der Waals surface area contributed by atoms with Gasteiger partial charge in [-0.05, 0) is 48.9 Å². The monoisotopic (exact) mass is 405 g/mol. The number of rotatable bonds is 6. The number of urea groups is 1. The zero-order valence-electron chi connectivity index (χ0n) is 16.1. The molecule has 4 rings (SSSR count). The maximum atomic E-state index is 12.5. The number of nitrogens with one attached hydrogen (secondary N) is 3. The molecule has 30 heavy (non-hydrogen) atoms. The first-order chi connectivity index (χ1) is 14.4. The minimum atomic E-state index is -1.20. The number of benzene rings is 2. The molecule has 1 fully saturated rings. The lowest BCUT2D eigenvalue weighted by atomic mass is 9.92. The Hall–Kier alpha value is -4.07. The van der Waals surface area contributed by atoms with Crippen LogP contribution in [0.3, 0.4) is 0 Å². The van der Waals surface area contributed by atoms with Crippen LogP contribution < -0.4 is 20.7 Å². The van der Waals surface area contributed by atoms with Gasteiger partial charge in [0.05, 0.1) is 0 Å². The molecule has 0 bridgehead atoms. The normalized spacial score (nSPS) is 17.9. The lowest BCUT2D eigenvalue weighted by Crippen LogP contribution is -2.40. The number of ether oxygens (including phenoxy) is 1. The molecule has 152 valence electrons. The van der Waals surface area contributed by atoms with Crippen LogP contribution in [-0.2, 0) is 16.9 Å². The highest BCUT2D eigenvalue weighted by molar-refractivity contribution is 6.07. The van der Waals surface area contributed by atoms with Crippen LogP contribution in [0.5, 0.6) is 5.75 Å². The van der Waals surface area contributed by atoms with Crippen molar-refractivity contribution in [3.8, 4) is 5.75 Å². The summed E-state index contributed by atoms with van der Waals surface area (Å²) in [5.74, 6) is 0.447. The number of anilines is 1. The fraction of sp³-hybridized carbons (Fsp3) is 0.136. The van der Waals surface area contributed by atoms with Crippen LogP contribution in [0.1, 0.15) is 28.8 Å². The van der Waals surface area contributed by atoms with Crippen molar-refractivity contribution in [2.75, 3.05) is 5.32 Å². The molecule has 3 N–H and O–H groups in total. The highest BCUT2D eigenvalue weighted by Gasteiger charge is 2.43. The van der Waals surface area contributed by atoms with Gasteiger partial charge in [0.25, 0.3) is 11.8 Å². The second-order valence-electron chi connectivity index (χ2n) is 6.94. The van der Waals surface area contributed by atoms with Gasteiger partial charge in [-0.3, -0.25) is 14.9 Å². The number of carbonyl (C=O) groups is 3. The van der Waals surface area contributed by atoms with E-state index >= 15 is 0 Å². The molecule has 0 unspecified atom stereocenters. The summed E-state index contributed by atoms with van der Waals surface area (Å²) in [5.41, 5.74) is -0.198. The summed E-state index contributed by atoms with van der Waals surface area (Å²) in [6, 6.07) is 18.7. The highest BCUT2D eigenvalue weighted by Crippen LogP contribution is 2.26. The fourth-order valence-corrected chi connectivity index (χ4v) is 3.10. The van der Waals surface area contributed by atoms with Crippen LogP contribution in [0.25, 0.3) is 0 Å². The number of carbonyl (C=O) groups excluding carboxylic acids is 3. The van der Waals surface area contributed by atoms with E-state index in [-0.39, 0.29) is 12.4 Å². The lowest BCUT2D eigenvalue weighted by molar-refractivity contribution is -0.123. The smallest absolute Gasteiger partial charge is 0.322 e. The summed E-state index contributed by atoms with van der Waals surface area (Å²) in [6.07, 6.45) is 0. The number of para-hydroxylation sites is 1. The van der Waals surface area contributed by atoms with Crippen molar-refractivity contribution >= 4 is 23.5 Å². The first kappa shape index (κ1) is 19.3. The molecule has 3 aromatic rings. The van der Waals surface area contributed by atoms with E-state index in [1.165, 1.54) is 0 Å². The molecule has 1 aliphatic rings. The predicted molar refractivity (Wildman–Crippen MR) is 108 cm³/mol. The Balaban J connectivity index is 1.43. The maximum Gasteiger partial charge on any atom is 0.322 e. The van der Waals surface area contributed by atoms with Crippen LogP contribution in [-0.4, -0.2) is 17.8 Å². The Morgan fingerprint density at radius 3 is 2.60 bits per heavy atom. The molecule has 0 spiro atoms. The number of furan rings is 1. The first-order valence-electron chi connectivity index (χ1n) is 9.26. The quantitative estimate of drug-likeness (QED) is 0.546. The average molecular weight is 405 g/mol. The van der Waals surface area contributed by atoms with Crippen LogP contribution >= 0.6 is 0 Å². The van der Waals surface area contributed by atoms with Gasteiger partial charge in [-0.1, -0.05) is 30.3 Å². The largest absolute Gasteiger partial charge is 0.486 e. The van der Waals surface area contributed by atoms with Crippen molar-refractivity contribution in [3.05, 3.63) is 83.8 Å². The van der Waals surface area contributed by atoms with Crippen molar-refractivity contribution < 1.29 is 23.5 Å². The van der Waals surface area contributed by atoms with Gasteiger partial charge in [-0.2, -0.15) is 0 Å². The summed E-state index contributed by atoms with van der Waals surface area (Å²) < 4.78 is 11.2. The molecule has 8 heteroatoms. The summed E-state index contributed by atoms with van der Waals surface area (Å²) in [7, 11) is 0. The Labute approximate surface area is 172 Å². The molecule has 0 radical (unpaired) electrons.